The highest BCUT2D eigenvalue weighted by atomic mass is 32.2. The fraction of sp³-hybridized carbons (Fsp3) is 0.538. The average Bonchev–Trinajstić information content (AvgIpc) is 2.87. The molecular weight excluding hydrogens is 322 g/mol. The Bertz CT molecular complexity index is 815. The molecule has 0 bridgehead atoms. The first-order chi connectivity index (χ1) is 10.8. The molecule has 2 heterocycles. The fourth-order valence-electron chi connectivity index (χ4n) is 2.11. The minimum absolute atomic E-state index is 0.0883. The Morgan fingerprint density at radius 3 is 2.70 bits per heavy atom. The lowest BCUT2D eigenvalue weighted by Gasteiger charge is -2.02. The van der Waals surface area contributed by atoms with Gasteiger partial charge in [-0.2, -0.15) is 4.98 Å². The van der Waals surface area contributed by atoms with Crippen molar-refractivity contribution in [2.24, 2.45) is 0 Å². The number of fused-ring (bicyclic) bond motifs is 1. The first-order valence-corrected chi connectivity index (χ1v) is 8.70. The lowest BCUT2D eigenvalue weighted by atomic mass is 10.2. The maximum absolute atomic E-state index is 12.2. The molecule has 2 aromatic heterocycles. The molecule has 2 N–H and O–H groups in total. The number of carbonyl (C=O) groups is 1. The Morgan fingerprint density at radius 2 is 2.00 bits per heavy atom. The predicted molar refractivity (Wildman–Crippen MR) is 81.5 cm³/mol. The minimum Gasteiger partial charge on any atom is -0.481 e. The maximum Gasteiger partial charge on any atom is 0.303 e. The predicted octanol–water partition coefficient (Wildman–Crippen LogP) is 0.664. The van der Waals surface area contributed by atoms with Crippen molar-refractivity contribution >= 4 is 21.8 Å². The molecule has 9 nitrogen and oxygen atoms in total. The van der Waals surface area contributed by atoms with Gasteiger partial charge in [-0.3, -0.25) is 4.79 Å². The first kappa shape index (κ1) is 17.3. The van der Waals surface area contributed by atoms with Gasteiger partial charge in [0.2, 0.25) is 0 Å². The van der Waals surface area contributed by atoms with Crippen LogP contribution in [-0.4, -0.2) is 45.6 Å². The van der Waals surface area contributed by atoms with E-state index in [1.54, 1.807) is 19.9 Å². The van der Waals surface area contributed by atoms with Gasteiger partial charge in [-0.25, -0.2) is 22.6 Å². The van der Waals surface area contributed by atoms with Gasteiger partial charge in [-0.1, -0.05) is 6.42 Å². The molecule has 0 unspecified atom stereocenters. The van der Waals surface area contributed by atoms with E-state index in [1.807, 2.05) is 0 Å². The van der Waals surface area contributed by atoms with E-state index < -0.39 is 16.0 Å². The van der Waals surface area contributed by atoms with Gasteiger partial charge in [-0.15, -0.1) is 5.10 Å². The van der Waals surface area contributed by atoms with Crippen molar-refractivity contribution in [1.29, 1.82) is 0 Å². The first-order valence-electron chi connectivity index (χ1n) is 7.22. The molecule has 0 atom stereocenters. The second kappa shape index (κ2) is 7.01. The van der Waals surface area contributed by atoms with Crippen molar-refractivity contribution in [3.05, 3.63) is 17.5 Å². The summed E-state index contributed by atoms with van der Waals surface area (Å²) in [6.45, 7) is 3.80. The summed E-state index contributed by atoms with van der Waals surface area (Å²) in [6, 6.07) is 1.79. The van der Waals surface area contributed by atoms with Crippen LogP contribution in [0.1, 0.15) is 37.1 Å². The molecule has 0 radical (unpaired) electrons. The Labute approximate surface area is 133 Å². The molecule has 0 fully saturated rings. The van der Waals surface area contributed by atoms with E-state index in [4.69, 9.17) is 5.11 Å². The fourth-order valence-corrected chi connectivity index (χ4v) is 3.04. The largest absolute Gasteiger partial charge is 0.481 e. The van der Waals surface area contributed by atoms with E-state index in [2.05, 4.69) is 19.8 Å². The standard InChI is InChI=1S/C13H19N5O4S/c1-9-8-10(2)18-12(15-9)16-13(17-18)23(21,22)14-7-5-3-4-6-11(19)20/h8,14H,3-7H2,1-2H3,(H,19,20). The maximum atomic E-state index is 12.2. The van der Waals surface area contributed by atoms with E-state index in [0.29, 0.717) is 19.3 Å². The quantitative estimate of drug-likeness (QED) is 0.675. The van der Waals surface area contributed by atoms with Crippen LogP contribution in [0.15, 0.2) is 11.2 Å². The summed E-state index contributed by atoms with van der Waals surface area (Å²) in [7, 11) is -3.80. The summed E-state index contributed by atoms with van der Waals surface area (Å²) in [5, 5.41) is 12.2. The van der Waals surface area contributed by atoms with Crippen LogP contribution >= 0.6 is 0 Å². The number of aliphatic carboxylic acids is 1. The van der Waals surface area contributed by atoms with Crippen molar-refractivity contribution in [2.75, 3.05) is 6.54 Å². The summed E-state index contributed by atoms with van der Waals surface area (Å²) >= 11 is 0. The number of sulfonamides is 1. The molecule has 23 heavy (non-hydrogen) atoms. The van der Waals surface area contributed by atoms with Crippen LogP contribution < -0.4 is 4.72 Å². The second-order valence-corrected chi connectivity index (χ2v) is 6.91. The molecule has 0 amide bonds. The summed E-state index contributed by atoms with van der Waals surface area (Å²) in [5.41, 5.74) is 1.48. The van der Waals surface area contributed by atoms with Gasteiger partial charge in [0.15, 0.2) is 0 Å². The van der Waals surface area contributed by atoms with Gasteiger partial charge < -0.3 is 5.11 Å². The number of hydrogen-bond donors (Lipinski definition) is 2. The zero-order valence-corrected chi connectivity index (χ0v) is 13.8. The monoisotopic (exact) mass is 341 g/mol. The van der Waals surface area contributed by atoms with E-state index in [-0.39, 0.29) is 23.9 Å². The van der Waals surface area contributed by atoms with Gasteiger partial charge >= 0.3 is 5.97 Å². The number of rotatable bonds is 8. The molecule has 0 saturated carbocycles. The molecule has 2 rings (SSSR count). The molecular formula is C13H19N5O4S. The highest BCUT2D eigenvalue weighted by Crippen LogP contribution is 2.09. The number of nitrogens with one attached hydrogen (secondary N) is 1. The highest BCUT2D eigenvalue weighted by molar-refractivity contribution is 7.89. The third-order valence-electron chi connectivity index (χ3n) is 3.20. The lowest BCUT2D eigenvalue weighted by Crippen LogP contribution is -2.26. The molecule has 0 aliphatic heterocycles. The van der Waals surface area contributed by atoms with Gasteiger partial charge in [0, 0.05) is 24.4 Å². The van der Waals surface area contributed by atoms with Gasteiger partial charge in [0.05, 0.1) is 0 Å². The Morgan fingerprint density at radius 1 is 1.26 bits per heavy atom. The van der Waals surface area contributed by atoms with Crippen LogP contribution in [0.4, 0.5) is 0 Å². The topological polar surface area (TPSA) is 127 Å². The molecule has 0 aliphatic carbocycles. The van der Waals surface area contributed by atoms with Crippen LogP contribution in [-0.2, 0) is 14.8 Å². The Kier molecular flexibility index (Phi) is 5.26. The number of carboxylic acids is 1. The summed E-state index contributed by atoms with van der Waals surface area (Å²) < 4.78 is 28.1. The summed E-state index contributed by atoms with van der Waals surface area (Å²) in [4.78, 5) is 18.5. The molecule has 10 heteroatoms. The van der Waals surface area contributed by atoms with E-state index >= 15 is 0 Å². The number of unbranched alkanes of at least 4 members (excludes halogenated alkanes) is 2. The number of aromatic nitrogens is 4. The lowest BCUT2D eigenvalue weighted by molar-refractivity contribution is -0.137. The SMILES string of the molecule is Cc1cc(C)n2nc(S(=O)(=O)NCCCCCC(=O)O)nc2n1. The van der Waals surface area contributed by atoms with E-state index in [9.17, 15) is 13.2 Å². The summed E-state index contributed by atoms with van der Waals surface area (Å²) in [5.74, 6) is -0.609. The normalized spacial score (nSPS) is 11.9. The average molecular weight is 341 g/mol. The third kappa shape index (κ3) is 4.45. The highest BCUT2D eigenvalue weighted by Gasteiger charge is 2.21. The zero-order chi connectivity index (χ0) is 17.0. The Balaban J connectivity index is 2.00. The van der Waals surface area contributed by atoms with E-state index in [1.165, 1.54) is 4.52 Å². The van der Waals surface area contributed by atoms with Crippen LogP contribution in [0.5, 0.6) is 0 Å². The van der Waals surface area contributed by atoms with Crippen LogP contribution in [0.2, 0.25) is 0 Å². The van der Waals surface area contributed by atoms with Crippen LogP contribution in [0, 0.1) is 13.8 Å². The van der Waals surface area contributed by atoms with E-state index in [0.717, 1.165) is 11.4 Å². The summed E-state index contributed by atoms with van der Waals surface area (Å²) in [6.07, 6.45) is 1.79. The molecule has 2 aromatic rings. The number of nitrogens with zero attached hydrogens (tertiary/aromatic N) is 4. The molecule has 0 aliphatic rings. The molecule has 0 saturated heterocycles. The molecule has 0 aromatic carbocycles. The minimum atomic E-state index is -3.80. The van der Waals surface area contributed by atoms with Crippen molar-refractivity contribution in [3.63, 3.8) is 0 Å². The van der Waals surface area contributed by atoms with Crippen molar-refractivity contribution in [3.8, 4) is 0 Å². The van der Waals surface area contributed by atoms with Gasteiger partial charge in [-0.05, 0) is 32.8 Å². The molecule has 126 valence electrons. The van der Waals surface area contributed by atoms with Crippen LogP contribution in [0.25, 0.3) is 5.78 Å². The van der Waals surface area contributed by atoms with Crippen molar-refractivity contribution < 1.29 is 18.3 Å². The van der Waals surface area contributed by atoms with Crippen molar-refractivity contribution in [1.82, 2.24) is 24.3 Å². The van der Waals surface area contributed by atoms with Gasteiger partial charge in [0.1, 0.15) is 0 Å². The number of carboxylic acid groups (broad SMARTS) is 1. The zero-order valence-electron chi connectivity index (χ0n) is 13.0. The number of aryl methyl sites for hydroxylation is 2. The smallest absolute Gasteiger partial charge is 0.303 e. The molecule has 0 spiro atoms. The second-order valence-electron chi connectivity index (χ2n) is 5.25. The van der Waals surface area contributed by atoms with Crippen LogP contribution in [0.3, 0.4) is 0 Å². The number of hydrogen-bond acceptors (Lipinski definition) is 6. The van der Waals surface area contributed by atoms with Gasteiger partial charge in [0.25, 0.3) is 21.0 Å². The Hall–Kier alpha value is -2.07. The third-order valence-corrected chi connectivity index (χ3v) is 4.44. The van der Waals surface area contributed by atoms with Crippen molar-refractivity contribution in [2.45, 2.75) is 44.7 Å².